The van der Waals surface area contributed by atoms with Crippen LogP contribution in [0.25, 0.3) is 0 Å². The maximum Gasteiger partial charge on any atom is 0.133 e. The standard InChI is InChI=1S/C18H20Cl2N4/c1-12-3-2-6-23(10-12)18-17(22)8-15(9-21)24(18)11-13-4-5-14(19)7-16(13)20/h4-5,7-8,12H,2-3,6,10-11,22H2,1H3/t12-/m0/s1. The van der Waals surface area contributed by atoms with Gasteiger partial charge < -0.3 is 15.2 Å². The van der Waals surface area contributed by atoms with Gasteiger partial charge in [-0.3, -0.25) is 0 Å². The third kappa shape index (κ3) is 3.33. The van der Waals surface area contributed by atoms with Crippen LogP contribution in [-0.4, -0.2) is 17.7 Å². The fraction of sp³-hybridized carbons (Fsp3) is 0.389. The molecule has 24 heavy (non-hydrogen) atoms. The van der Waals surface area contributed by atoms with Gasteiger partial charge in [-0.05, 0) is 42.5 Å². The zero-order valence-electron chi connectivity index (χ0n) is 13.6. The van der Waals surface area contributed by atoms with Crippen molar-refractivity contribution < 1.29 is 0 Å². The van der Waals surface area contributed by atoms with E-state index in [4.69, 9.17) is 28.9 Å². The number of piperidine rings is 1. The predicted molar refractivity (Wildman–Crippen MR) is 99.7 cm³/mol. The molecule has 126 valence electrons. The molecular weight excluding hydrogens is 343 g/mol. The van der Waals surface area contributed by atoms with Gasteiger partial charge in [-0.25, -0.2) is 0 Å². The SMILES string of the molecule is C[C@H]1CCCN(c2c(N)cc(C#N)n2Cc2ccc(Cl)cc2Cl)C1. The van der Waals surface area contributed by atoms with Crippen LogP contribution < -0.4 is 10.6 Å². The molecule has 1 aliphatic heterocycles. The molecular formula is C18H20Cl2N4. The number of halogens is 2. The molecule has 1 aliphatic rings. The minimum atomic E-state index is 0.496. The van der Waals surface area contributed by atoms with E-state index in [2.05, 4.69) is 17.9 Å². The van der Waals surface area contributed by atoms with Crippen LogP contribution in [0.15, 0.2) is 24.3 Å². The van der Waals surface area contributed by atoms with Crippen molar-refractivity contribution in [1.82, 2.24) is 4.57 Å². The van der Waals surface area contributed by atoms with Crippen molar-refractivity contribution in [2.75, 3.05) is 23.7 Å². The van der Waals surface area contributed by atoms with Crippen LogP contribution in [0.5, 0.6) is 0 Å². The highest BCUT2D eigenvalue weighted by Gasteiger charge is 2.24. The Balaban J connectivity index is 2.01. The summed E-state index contributed by atoms with van der Waals surface area (Å²) in [6.07, 6.45) is 2.36. The van der Waals surface area contributed by atoms with Gasteiger partial charge in [0.25, 0.3) is 0 Å². The van der Waals surface area contributed by atoms with Crippen LogP contribution in [0.2, 0.25) is 10.0 Å². The first-order valence-corrected chi connectivity index (χ1v) is 8.83. The third-order valence-electron chi connectivity index (χ3n) is 4.51. The average Bonchev–Trinajstić information content (AvgIpc) is 2.85. The number of nitrogens with zero attached hydrogens (tertiary/aromatic N) is 3. The monoisotopic (exact) mass is 362 g/mol. The van der Waals surface area contributed by atoms with E-state index in [-0.39, 0.29) is 0 Å². The Labute approximate surface area is 152 Å². The molecule has 2 heterocycles. The summed E-state index contributed by atoms with van der Waals surface area (Å²) in [5.41, 5.74) is 8.35. The van der Waals surface area contributed by atoms with Gasteiger partial charge in [-0.1, -0.05) is 36.2 Å². The minimum Gasteiger partial charge on any atom is -0.396 e. The summed E-state index contributed by atoms with van der Waals surface area (Å²) < 4.78 is 1.96. The van der Waals surface area contributed by atoms with Gasteiger partial charge in [-0.2, -0.15) is 5.26 Å². The van der Waals surface area contributed by atoms with E-state index in [1.54, 1.807) is 12.1 Å². The van der Waals surface area contributed by atoms with Gasteiger partial charge in [0, 0.05) is 23.1 Å². The highest BCUT2D eigenvalue weighted by atomic mass is 35.5. The lowest BCUT2D eigenvalue weighted by atomic mass is 10.0. The normalized spacial score (nSPS) is 17.8. The van der Waals surface area contributed by atoms with E-state index in [1.165, 1.54) is 6.42 Å². The Morgan fingerprint density at radius 2 is 2.12 bits per heavy atom. The first-order valence-electron chi connectivity index (χ1n) is 8.07. The zero-order chi connectivity index (χ0) is 17.3. The molecule has 0 saturated carbocycles. The second-order valence-electron chi connectivity index (χ2n) is 6.44. The van der Waals surface area contributed by atoms with Crippen LogP contribution >= 0.6 is 23.2 Å². The Hall–Kier alpha value is -1.83. The largest absolute Gasteiger partial charge is 0.396 e. The van der Waals surface area contributed by atoms with Gasteiger partial charge in [0.15, 0.2) is 0 Å². The summed E-state index contributed by atoms with van der Waals surface area (Å²) >= 11 is 12.3. The van der Waals surface area contributed by atoms with Crippen LogP contribution in [0.4, 0.5) is 11.5 Å². The van der Waals surface area contributed by atoms with Crippen molar-refractivity contribution in [2.45, 2.75) is 26.3 Å². The highest BCUT2D eigenvalue weighted by Crippen LogP contribution is 2.33. The van der Waals surface area contributed by atoms with Crippen molar-refractivity contribution in [3.8, 4) is 6.07 Å². The molecule has 0 amide bonds. The van der Waals surface area contributed by atoms with E-state index >= 15 is 0 Å². The zero-order valence-corrected chi connectivity index (χ0v) is 15.1. The lowest BCUT2D eigenvalue weighted by molar-refractivity contribution is 0.441. The Morgan fingerprint density at radius 1 is 1.33 bits per heavy atom. The van der Waals surface area contributed by atoms with E-state index in [0.717, 1.165) is 30.9 Å². The number of nitriles is 1. The molecule has 4 nitrogen and oxygen atoms in total. The maximum absolute atomic E-state index is 9.50. The summed E-state index contributed by atoms with van der Waals surface area (Å²) in [4.78, 5) is 2.29. The van der Waals surface area contributed by atoms with Crippen molar-refractivity contribution in [1.29, 1.82) is 5.26 Å². The molecule has 0 aliphatic carbocycles. The van der Waals surface area contributed by atoms with Crippen molar-refractivity contribution >= 4 is 34.7 Å². The maximum atomic E-state index is 9.50. The van der Waals surface area contributed by atoms with Crippen molar-refractivity contribution in [2.24, 2.45) is 5.92 Å². The lowest BCUT2D eigenvalue weighted by Gasteiger charge is -2.34. The fourth-order valence-corrected chi connectivity index (χ4v) is 3.84. The topological polar surface area (TPSA) is 58.0 Å². The van der Waals surface area contributed by atoms with E-state index in [0.29, 0.717) is 33.9 Å². The van der Waals surface area contributed by atoms with Crippen LogP contribution in [-0.2, 0) is 6.54 Å². The number of hydrogen-bond acceptors (Lipinski definition) is 3. The summed E-state index contributed by atoms with van der Waals surface area (Å²) in [5.74, 6) is 1.54. The first-order chi connectivity index (χ1) is 11.5. The molecule has 0 radical (unpaired) electrons. The molecule has 3 rings (SSSR count). The average molecular weight is 363 g/mol. The van der Waals surface area contributed by atoms with Gasteiger partial charge in [-0.15, -0.1) is 0 Å². The molecule has 1 aromatic heterocycles. The van der Waals surface area contributed by atoms with E-state index in [1.807, 2.05) is 16.7 Å². The number of nitrogens with two attached hydrogens (primary N) is 1. The van der Waals surface area contributed by atoms with Crippen LogP contribution in [0.1, 0.15) is 31.0 Å². The lowest BCUT2D eigenvalue weighted by Crippen LogP contribution is -2.36. The summed E-state index contributed by atoms with van der Waals surface area (Å²) in [6, 6.07) is 9.42. The predicted octanol–water partition coefficient (Wildman–Crippen LogP) is 4.53. The molecule has 1 fully saturated rings. The van der Waals surface area contributed by atoms with Crippen LogP contribution in [0.3, 0.4) is 0 Å². The molecule has 0 unspecified atom stereocenters. The number of hydrogen-bond donors (Lipinski definition) is 1. The second kappa shape index (κ2) is 6.96. The Morgan fingerprint density at radius 3 is 2.79 bits per heavy atom. The molecule has 1 aromatic carbocycles. The third-order valence-corrected chi connectivity index (χ3v) is 5.10. The first kappa shape index (κ1) is 17.0. The smallest absolute Gasteiger partial charge is 0.133 e. The molecule has 2 N–H and O–H groups in total. The summed E-state index contributed by atoms with van der Waals surface area (Å²) in [6.45, 7) is 4.65. The van der Waals surface area contributed by atoms with E-state index in [9.17, 15) is 5.26 Å². The highest BCUT2D eigenvalue weighted by molar-refractivity contribution is 6.35. The number of benzene rings is 1. The molecule has 0 spiro atoms. The molecule has 6 heteroatoms. The van der Waals surface area contributed by atoms with Gasteiger partial charge in [0.05, 0.1) is 12.2 Å². The van der Waals surface area contributed by atoms with Gasteiger partial charge in [0.1, 0.15) is 17.6 Å². The van der Waals surface area contributed by atoms with E-state index < -0.39 is 0 Å². The second-order valence-corrected chi connectivity index (χ2v) is 7.28. The fourth-order valence-electron chi connectivity index (χ4n) is 3.37. The molecule has 1 atom stereocenters. The molecule has 2 aromatic rings. The Bertz CT molecular complexity index is 791. The number of rotatable bonds is 3. The van der Waals surface area contributed by atoms with Gasteiger partial charge in [0.2, 0.25) is 0 Å². The number of anilines is 2. The summed E-state index contributed by atoms with van der Waals surface area (Å²) in [5, 5.41) is 10.7. The van der Waals surface area contributed by atoms with Crippen molar-refractivity contribution in [3.05, 3.63) is 45.6 Å². The molecule has 1 saturated heterocycles. The summed E-state index contributed by atoms with van der Waals surface area (Å²) in [7, 11) is 0. The number of nitrogen functional groups attached to an aromatic ring is 1. The van der Waals surface area contributed by atoms with Crippen LogP contribution in [0, 0.1) is 17.2 Å². The Kier molecular flexibility index (Phi) is 4.93. The van der Waals surface area contributed by atoms with Gasteiger partial charge >= 0.3 is 0 Å². The number of aromatic nitrogens is 1. The van der Waals surface area contributed by atoms with Crippen molar-refractivity contribution in [3.63, 3.8) is 0 Å². The quantitative estimate of drug-likeness (QED) is 0.871. The molecule has 0 bridgehead atoms. The minimum absolute atomic E-state index is 0.496.